The Kier molecular flexibility index (Phi) is 5.26. The molecule has 3 aromatic carbocycles. The molecule has 0 fully saturated rings. The number of ether oxygens (including phenoxy) is 3. The van der Waals surface area contributed by atoms with Gasteiger partial charge in [0.1, 0.15) is 23.0 Å². The van der Waals surface area contributed by atoms with Crippen LogP contribution in [0.15, 0.2) is 60.7 Å². The van der Waals surface area contributed by atoms with Crippen LogP contribution >= 0.6 is 0 Å². The van der Waals surface area contributed by atoms with E-state index >= 15 is 0 Å². The second kappa shape index (κ2) is 8.16. The maximum atomic E-state index is 12.6. The number of methoxy groups -OCH3 is 2. The van der Waals surface area contributed by atoms with Gasteiger partial charge < -0.3 is 24.8 Å². The number of benzene rings is 3. The van der Waals surface area contributed by atoms with E-state index in [2.05, 4.69) is 10.6 Å². The molecule has 7 heteroatoms. The molecule has 1 heterocycles. The maximum Gasteiger partial charge on any atom is 0.255 e. The van der Waals surface area contributed by atoms with Crippen LogP contribution < -0.4 is 24.8 Å². The lowest BCUT2D eigenvalue weighted by molar-refractivity contribution is 0.0944. The topological polar surface area (TPSA) is 85.9 Å². The first-order valence-corrected chi connectivity index (χ1v) is 9.30. The van der Waals surface area contributed by atoms with E-state index in [0.717, 1.165) is 5.56 Å². The van der Waals surface area contributed by atoms with Crippen LogP contribution in [-0.4, -0.2) is 26.0 Å². The summed E-state index contributed by atoms with van der Waals surface area (Å²) in [6.07, 6.45) is 0. The minimum absolute atomic E-state index is 0.285. The van der Waals surface area contributed by atoms with Crippen molar-refractivity contribution in [2.24, 2.45) is 0 Å². The third-order valence-corrected chi connectivity index (χ3v) is 4.77. The van der Waals surface area contributed by atoms with Crippen molar-refractivity contribution in [1.82, 2.24) is 5.32 Å². The van der Waals surface area contributed by atoms with Crippen molar-refractivity contribution < 1.29 is 23.8 Å². The Morgan fingerprint density at radius 3 is 2.40 bits per heavy atom. The van der Waals surface area contributed by atoms with Gasteiger partial charge >= 0.3 is 0 Å². The van der Waals surface area contributed by atoms with Crippen molar-refractivity contribution in [2.45, 2.75) is 6.54 Å². The van der Waals surface area contributed by atoms with Gasteiger partial charge in [-0.25, -0.2) is 0 Å². The molecule has 30 heavy (non-hydrogen) atoms. The van der Waals surface area contributed by atoms with Crippen LogP contribution in [0, 0.1) is 0 Å². The first kappa shape index (κ1) is 19.3. The summed E-state index contributed by atoms with van der Waals surface area (Å²) in [4.78, 5) is 25.2. The summed E-state index contributed by atoms with van der Waals surface area (Å²) in [6.45, 7) is 0.319. The zero-order valence-electron chi connectivity index (χ0n) is 16.5. The van der Waals surface area contributed by atoms with E-state index in [1.807, 2.05) is 12.1 Å². The zero-order chi connectivity index (χ0) is 21.1. The van der Waals surface area contributed by atoms with E-state index in [9.17, 15) is 9.59 Å². The molecule has 0 atom stereocenters. The SMILES string of the molecule is COc1ccc(C(=O)Nc2ccc3c(c2)C(=O)NCc2ccc(OC)cc2O3)cc1. The van der Waals surface area contributed by atoms with E-state index < -0.39 is 0 Å². The molecule has 1 aliphatic rings. The van der Waals surface area contributed by atoms with Crippen LogP contribution in [0.4, 0.5) is 5.69 Å². The number of anilines is 1. The molecule has 0 radical (unpaired) electrons. The summed E-state index contributed by atoms with van der Waals surface area (Å²) >= 11 is 0. The smallest absolute Gasteiger partial charge is 0.255 e. The molecule has 0 bridgehead atoms. The summed E-state index contributed by atoms with van der Waals surface area (Å²) in [5.41, 5.74) is 2.13. The predicted octanol–water partition coefficient (Wildman–Crippen LogP) is 3.99. The molecule has 2 amide bonds. The van der Waals surface area contributed by atoms with Crippen LogP contribution in [0.2, 0.25) is 0 Å². The Morgan fingerprint density at radius 2 is 1.67 bits per heavy atom. The summed E-state index contributed by atoms with van der Waals surface area (Å²) < 4.78 is 16.4. The Balaban J connectivity index is 1.60. The van der Waals surface area contributed by atoms with Crippen molar-refractivity contribution >= 4 is 17.5 Å². The molecule has 4 rings (SSSR count). The Hall–Kier alpha value is -4.00. The van der Waals surface area contributed by atoms with E-state index in [-0.39, 0.29) is 11.8 Å². The monoisotopic (exact) mass is 404 g/mol. The van der Waals surface area contributed by atoms with E-state index in [1.165, 1.54) is 0 Å². The maximum absolute atomic E-state index is 12.6. The quantitative estimate of drug-likeness (QED) is 0.687. The van der Waals surface area contributed by atoms with Gasteiger partial charge in [-0.3, -0.25) is 9.59 Å². The zero-order valence-corrected chi connectivity index (χ0v) is 16.5. The number of hydrogen-bond acceptors (Lipinski definition) is 5. The third kappa shape index (κ3) is 3.91. The highest BCUT2D eigenvalue weighted by atomic mass is 16.5. The van der Waals surface area contributed by atoms with Crippen molar-refractivity contribution in [3.05, 3.63) is 77.4 Å². The first-order chi connectivity index (χ1) is 14.6. The number of carbonyl (C=O) groups is 2. The van der Waals surface area contributed by atoms with Crippen molar-refractivity contribution in [3.63, 3.8) is 0 Å². The molecule has 0 aromatic heterocycles. The molecule has 7 nitrogen and oxygen atoms in total. The third-order valence-electron chi connectivity index (χ3n) is 4.77. The average Bonchev–Trinajstić information content (AvgIpc) is 2.77. The molecular weight excluding hydrogens is 384 g/mol. The minimum atomic E-state index is -0.292. The molecule has 0 unspecified atom stereocenters. The average molecular weight is 404 g/mol. The summed E-state index contributed by atoms with van der Waals surface area (Å²) in [7, 11) is 3.15. The Morgan fingerprint density at radius 1 is 0.933 bits per heavy atom. The van der Waals surface area contributed by atoms with Gasteiger partial charge in [-0.15, -0.1) is 0 Å². The van der Waals surface area contributed by atoms with Gasteiger partial charge in [0.15, 0.2) is 0 Å². The standard InChI is InChI=1S/C23H20N2O5/c1-28-17-7-3-14(4-8-17)22(26)25-16-6-10-20-19(11-16)23(27)24-13-15-5-9-18(29-2)12-21(15)30-20/h3-12H,13H2,1-2H3,(H,24,27)(H,25,26). The van der Waals surface area contributed by atoms with Crippen LogP contribution in [0.1, 0.15) is 26.3 Å². The van der Waals surface area contributed by atoms with Crippen LogP contribution in [0.5, 0.6) is 23.0 Å². The number of carbonyl (C=O) groups excluding carboxylic acids is 2. The fraction of sp³-hybridized carbons (Fsp3) is 0.130. The Labute approximate surface area is 173 Å². The van der Waals surface area contributed by atoms with Crippen LogP contribution in [-0.2, 0) is 6.54 Å². The summed E-state index contributed by atoms with van der Waals surface area (Å²) in [5, 5.41) is 5.68. The lowest BCUT2D eigenvalue weighted by Crippen LogP contribution is -2.25. The highest BCUT2D eigenvalue weighted by Gasteiger charge is 2.20. The summed E-state index contributed by atoms with van der Waals surface area (Å²) in [5.74, 6) is 1.74. The predicted molar refractivity (Wildman–Crippen MR) is 112 cm³/mol. The highest BCUT2D eigenvalue weighted by Crippen LogP contribution is 2.34. The van der Waals surface area contributed by atoms with E-state index in [0.29, 0.717) is 46.4 Å². The molecule has 0 aliphatic carbocycles. The van der Waals surface area contributed by atoms with Gasteiger partial charge in [0.2, 0.25) is 0 Å². The Bertz CT molecular complexity index is 1110. The summed E-state index contributed by atoms with van der Waals surface area (Å²) in [6, 6.07) is 17.1. The van der Waals surface area contributed by atoms with Gasteiger partial charge in [0.05, 0.1) is 19.8 Å². The highest BCUT2D eigenvalue weighted by molar-refractivity contribution is 6.05. The lowest BCUT2D eigenvalue weighted by Gasteiger charge is -2.19. The van der Waals surface area contributed by atoms with Crippen molar-refractivity contribution in [1.29, 1.82) is 0 Å². The second-order valence-corrected chi connectivity index (χ2v) is 6.65. The second-order valence-electron chi connectivity index (χ2n) is 6.65. The molecule has 2 N–H and O–H groups in total. The number of nitrogens with one attached hydrogen (secondary N) is 2. The minimum Gasteiger partial charge on any atom is -0.497 e. The number of amides is 2. The molecule has 3 aromatic rings. The van der Waals surface area contributed by atoms with Crippen molar-refractivity contribution in [2.75, 3.05) is 19.5 Å². The fourth-order valence-electron chi connectivity index (χ4n) is 3.11. The molecular formula is C23H20N2O5. The largest absolute Gasteiger partial charge is 0.497 e. The molecule has 0 spiro atoms. The lowest BCUT2D eigenvalue weighted by atomic mass is 10.1. The van der Waals surface area contributed by atoms with Gasteiger partial charge in [0.25, 0.3) is 11.8 Å². The van der Waals surface area contributed by atoms with Gasteiger partial charge in [-0.1, -0.05) is 0 Å². The van der Waals surface area contributed by atoms with Crippen LogP contribution in [0.3, 0.4) is 0 Å². The van der Waals surface area contributed by atoms with E-state index in [1.54, 1.807) is 62.8 Å². The van der Waals surface area contributed by atoms with Gasteiger partial charge in [-0.05, 0) is 54.6 Å². The molecule has 1 aliphatic heterocycles. The van der Waals surface area contributed by atoms with Gasteiger partial charge in [-0.2, -0.15) is 0 Å². The first-order valence-electron chi connectivity index (χ1n) is 9.30. The van der Waals surface area contributed by atoms with E-state index in [4.69, 9.17) is 14.2 Å². The van der Waals surface area contributed by atoms with Crippen LogP contribution in [0.25, 0.3) is 0 Å². The normalized spacial score (nSPS) is 12.3. The molecule has 0 saturated carbocycles. The number of fused-ring (bicyclic) bond motifs is 2. The molecule has 152 valence electrons. The number of rotatable bonds is 4. The van der Waals surface area contributed by atoms with Gasteiger partial charge in [0, 0.05) is 29.4 Å². The fourth-order valence-corrected chi connectivity index (χ4v) is 3.11. The van der Waals surface area contributed by atoms with Crippen molar-refractivity contribution in [3.8, 4) is 23.0 Å². The molecule has 0 saturated heterocycles. The number of hydrogen-bond donors (Lipinski definition) is 2.